The van der Waals surface area contributed by atoms with Crippen LogP contribution in [-0.2, 0) is 23.8 Å². The molecule has 1 heterocycles. The van der Waals surface area contributed by atoms with Crippen LogP contribution < -0.4 is 5.32 Å². The Hall–Kier alpha value is -2.12. The Bertz CT molecular complexity index is 1510. The smallest absolute Gasteiger partial charge is 0.305 e. The topological polar surface area (TPSA) is 175 Å². The minimum atomic E-state index is -1.57. The van der Waals surface area contributed by atoms with E-state index in [9.17, 15) is 35.1 Å². The molecule has 500 valence electrons. The molecule has 1 aliphatic heterocycles. The number of unbranched alkanes of at least 4 members (excludes halogenated alkanes) is 47. The summed E-state index contributed by atoms with van der Waals surface area (Å²) < 4.78 is 16.7. The number of esters is 1. The maximum absolute atomic E-state index is 13.0. The highest BCUT2D eigenvalue weighted by molar-refractivity contribution is 5.76. The second-order valence-electron chi connectivity index (χ2n) is 25.7. The highest BCUT2D eigenvalue weighted by atomic mass is 16.7. The van der Waals surface area contributed by atoms with Crippen LogP contribution in [0.1, 0.15) is 361 Å². The summed E-state index contributed by atoms with van der Waals surface area (Å²) in [7, 11) is 0. The molecule has 11 nitrogen and oxygen atoms in total. The average molecular weight is 1200 g/mol. The predicted octanol–water partition coefficient (Wildman–Crippen LogP) is 19.0. The van der Waals surface area contributed by atoms with Crippen molar-refractivity contribution in [3.8, 4) is 0 Å². The first-order valence-electron chi connectivity index (χ1n) is 36.8. The highest BCUT2D eigenvalue weighted by Crippen LogP contribution is 2.23. The van der Waals surface area contributed by atoms with E-state index in [4.69, 9.17) is 14.2 Å². The number of hydrogen-bond donors (Lipinski definition) is 6. The van der Waals surface area contributed by atoms with Crippen LogP contribution in [0.5, 0.6) is 0 Å². The maximum atomic E-state index is 13.0. The van der Waals surface area contributed by atoms with Crippen molar-refractivity contribution in [1.29, 1.82) is 0 Å². The van der Waals surface area contributed by atoms with Gasteiger partial charge in [0.25, 0.3) is 0 Å². The number of ether oxygens (including phenoxy) is 3. The lowest BCUT2D eigenvalue weighted by atomic mass is 9.99. The Labute approximate surface area is 523 Å². The molecule has 0 bridgehead atoms. The summed E-state index contributed by atoms with van der Waals surface area (Å²) in [6.45, 7) is 4.36. The second-order valence-corrected chi connectivity index (χ2v) is 25.7. The Morgan fingerprint density at radius 2 is 0.788 bits per heavy atom. The summed E-state index contributed by atoms with van der Waals surface area (Å²) in [6.07, 6.45) is 71.6. The Balaban J connectivity index is 1.93. The van der Waals surface area contributed by atoms with E-state index in [2.05, 4.69) is 43.5 Å². The third-order valence-electron chi connectivity index (χ3n) is 17.5. The van der Waals surface area contributed by atoms with Crippen LogP contribution in [0.4, 0.5) is 0 Å². The van der Waals surface area contributed by atoms with Crippen LogP contribution in [0.3, 0.4) is 0 Å². The monoisotopic (exact) mass is 1200 g/mol. The molecule has 0 radical (unpaired) electrons. The summed E-state index contributed by atoms with van der Waals surface area (Å²) in [6, 6.07) is -0.807. The normalized spacial score (nSPS) is 18.1. The summed E-state index contributed by atoms with van der Waals surface area (Å²) in [5.41, 5.74) is 0. The first kappa shape index (κ1) is 80.9. The fourth-order valence-corrected chi connectivity index (χ4v) is 11.7. The van der Waals surface area contributed by atoms with Crippen LogP contribution in [0.25, 0.3) is 0 Å². The molecule has 1 amide bonds. The number of hydrogen-bond acceptors (Lipinski definition) is 10. The van der Waals surface area contributed by atoms with Gasteiger partial charge in [-0.2, -0.15) is 0 Å². The van der Waals surface area contributed by atoms with E-state index in [0.29, 0.717) is 19.4 Å². The van der Waals surface area contributed by atoms with Crippen molar-refractivity contribution in [2.45, 2.75) is 403 Å². The van der Waals surface area contributed by atoms with Crippen LogP contribution in [0.15, 0.2) is 36.5 Å². The van der Waals surface area contributed by atoms with E-state index in [-0.39, 0.29) is 18.5 Å². The lowest BCUT2D eigenvalue weighted by Crippen LogP contribution is -2.60. The number of nitrogens with one attached hydrogen (secondary N) is 1. The van der Waals surface area contributed by atoms with Crippen molar-refractivity contribution in [3.63, 3.8) is 0 Å². The first-order chi connectivity index (χ1) is 41.7. The molecule has 1 rings (SSSR count). The molecule has 1 saturated heterocycles. The van der Waals surface area contributed by atoms with Gasteiger partial charge in [0.1, 0.15) is 24.4 Å². The Kier molecular flexibility index (Phi) is 60.4. The average Bonchev–Trinajstić information content (AvgIpc) is 3.67. The minimum absolute atomic E-state index is 0.0101. The molecule has 85 heavy (non-hydrogen) atoms. The van der Waals surface area contributed by atoms with Crippen molar-refractivity contribution >= 4 is 11.9 Å². The molecule has 6 N–H and O–H groups in total. The van der Waals surface area contributed by atoms with Crippen LogP contribution in [0.2, 0.25) is 0 Å². The van der Waals surface area contributed by atoms with E-state index in [1.54, 1.807) is 6.08 Å². The largest absolute Gasteiger partial charge is 0.466 e. The van der Waals surface area contributed by atoms with Crippen molar-refractivity contribution in [3.05, 3.63) is 36.5 Å². The van der Waals surface area contributed by atoms with Crippen molar-refractivity contribution in [2.75, 3.05) is 19.8 Å². The molecular formula is C74H139NO10. The molecule has 7 atom stereocenters. The third kappa shape index (κ3) is 52.4. The van der Waals surface area contributed by atoms with Gasteiger partial charge in [-0.05, 0) is 64.2 Å². The number of aliphatic hydroxyl groups excluding tert-OH is 5. The molecule has 11 heteroatoms. The Morgan fingerprint density at radius 1 is 0.435 bits per heavy atom. The number of carbonyl (C=O) groups excluding carboxylic acids is 2. The molecule has 0 aromatic carbocycles. The number of amides is 1. The van der Waals surface area contributed by atoms with Gasteiger partial charge in [-0.3, -0.25) is 9.59 Å². The van der Waals surface area contributed by atoms with E-state index in [1.165, 1.54) is 276 Å². The van der Waals surface area contributed by atoms with Crippen molar-refractivity contribution in [1.82, 2.24) is 5.32 Å². The van der Waals surface area contributed by atoms with Crippen molar-refractivity contribution < 1.29 is 49.3 Å². The van der Waals surface area contributed by atoms with Gasteiger partial charge in [0.05, 0.1) is 32.0 Å². The van der Waals surface area contributed by atoms with Gasteiger partial charge >= 0.3 is 5.97 Å². The van der Waals surface area contributed by atoms with Crippen molar-refractivity contribution in [2.24, 2.45) is 0 Å². The molecule has 1 aliphatic rings. The summed E-state index contributed by atoms with van der Waals surface area (Å²) >= 11 is 0. The summed E-state index contributed by atoms with van der Waals surface area (Å²) in [5.74, 6) is -0.168. The maximum Gasteiger partial charge on any atom is 0.305 e. The van der Waals surface area contributed by atoms with E-state index >= 15 is 0 Å². The number of aliphatic hydroxyl groups is 5. The lowest BCUT2D eigenvalue weighted by Gasteiger charge is -2.40. The zero-order valence-corrected chi connectivity index (χ0v) is 55.6. The van der Waals surface area contributed by atoms with Gasteiger partial charge in [-0.15, -0.1) is 0 Å². The number of rotatable bonds is 65. The van der Waals surface area contributed by atoms with Crippen LogP contribution in [-0.4, -0.2) is 100 Å². The van der Waals surface area contributed by atoms with Gasteiger partial charge in [0, 0.05) is 12.8 Å². The predicted molar refractivity (Wildman–Crippen MR) is 357 cm³/mol. The quantitative estimate of drug-likeness (QED) is 0.0195. The van der Waals surface area contributed by atoms with Gasteiger partial charge in [0.2, 0.25) is 5.91 Å². The molecule has 7 unspecified atom stereocenters. The fourth-order valence-electron chi connectivity index (χ4n) is 11.7. The molecular weight excluding hydrogens is 1060 g/mol. The highest BCUT2D eigenvalue weighted by Gasteiger charge is 2.44. The first-order valence-corrected chi connectivity index (χ1v) is 36.8. The van der Waals surface area contributed by atoms with E-state index in [1.807, 2.05) is 6.08 Å². The standard InChI is InChI=1S/C74H139NO10/c1-3-5-7-9-11-13-40-44-48-52-56-60-67(77)66(65-84-74-73(82)72(81)71(80)68(64-76)85-74)75-69(78)61-57-53-49-45-42-38-36-34-32-30-28-26-24-22-20-18-16-15-17-19-21-23-25-27-29-31-33-35-37-39-43-47-51-55-59-63-83-70(79)62-58-54-50-46-41-14-12-10-8-6-4-2/h17,19,23,25,56,60,66-68,71-74,76-77,80-82H,3-16,18,20-22,24,26-55,57-59,61-65H2,1-2H3,(H,75,78)/b19-17-,25-23-,60-56+. The molecule has 0 aromatic heterocycles. The summed E-state index contributed by atoms with van der Waals surface area (Å²) in [4.78, 5) is 25.1. The minimum Gasteiger partial charge on any atom is -0.466 e. The third-order valence-corrected chi connectivity index (χ3v) is 17.5. The fraction of sp³-hybridized carbons (Fsp3) is 0.892. The van der Waals surface area contributed by atoms with Gasteiger partial charge in [-0.1, -0.05) is 320 Å². The molecule has 0 aromatic rings. The van der Waals surface area contributed by atoms with Gasteiger partial charge < -0.3 is 45.1 Å². The molecule has 1 fully saturated rings. The zero-order valence-electron chi connectivity index (χ0n) is 55.6. The summed E-state index contributed by atoms with van der Waals surface area (Å²) in [5, 5.41) is 54.4. The molecule has 0 aliphatic carbocycles. The Morgan fingerprint density at radius 3 is 1.19 bits per heavy atom. The van der Waals surface area contributed by atoms with E-state index in [0.717, 1.165) is 57.8 Å². The SMILES string of the molecule is CCCCCCCCCCC/C=C/C(O)C(COC1OC(CO)C(O)C(O)C1O)NC(=O)CCCCCCCCCCCCCCCCCCC/C=C\C/C=C\CCCCCCCCCCCCCOC(=O)CCCCCCCCCCCCC. The van der Waals surface area contributed by atoms with E-state index < -0.39 is 49.5 Å². The molecule has 0 saturated carbocycles. The lowest BCUT2D eigenvalue weighted by molar-refractivity contribution is -0.302. The molecule has 0 spiro atoms. The number of carbonyl (C=O) groups is 2. The second kappa shape index (κ2) is 63.4. The van der Waals surface area contributed by atoms with Gasteiger partial charge in [-0.25, -0.2) is 0 Å². The van der Waals surface area contributed by atoms with Crippen LogP contribution in [0, 0.1) is 0 Å². The van der Waals surface area contributed by atoms with Gasteiger partial charge in [0.15, 0.2) is 6.29 Å². The van der Waals surface area contributed by atoms with Crippen LogP contribution >= 0.6 is 0 Å². The zero-order chi connectivity index (χ0) is 61.6. The number of allylic oxidation sites excluding steroid dienone is 5.